The molecule has 0 bridgehead atoms. The molecular weight excluding hydrogens is 391 g/mol. The van der Waals surface area contributed by atoms with E-state index in [0.717, 1.165) is 5.56 Å². The Morgan fingerprint density at radius 3 is 2.74 bits per heavy atom. The summed E-state index contributed by atoms with van der Waals surface area (Å²) < 4.78 is 10.6. The number of nitrogens with one attached hydrogen (secondary N) is 1. The standard InChI is InChI=1S/C19H14Cl2N2O4/c20-14-3-4-17-12(6-14)5-13(9-26-17)19(25)27-10-18(24)23-16-7-15(21)2-1-11(16)8-22/h1-4,6-7,13H,5,9-10H2,(H,23,24)/t13-/m0/s1. The lowest BCUT2D eigenvalue weighted by molar-refractivity contribution is -0.152. The normalized spacial score (nSPS) is 15.1. The van der Waals surface area contributed by atoms with E-state index < -0.39 is 24.4 Å². The highest BCUT2D eigenvalue weighted by molar-refractivity contribution is 6.31. The molecule has 1 amide bonds. The third-order valence-electron chi connectivity index (χ3n) is 3.98. The number of carbonyl (C=O) groups is 2. The molecule has 0 aliphatic carbocycles. The Balaban J connectivity index is 1.56. The van der Waals surface area contributed by atoms with Crippen LogP contribution in [0.5, 0.6) is 5.75 Å². The fourth-order valence-corrected chi connectivity index (χ4v) is 3.04. The highest BCUT2D eigenvalue weighted by Crippen LogP contribution is 2.30. The summed E-state index contributed by atoms with van der Waals surface area (Å²) in [5.74, 6) is -0.944. The van der Waals surface area contributed by atoms with Gasteiger partial charge in [0.25, 0.3) is 5.91 Å². The third kappa shape index (κ3) is 4.70. The van der Waals surface area contributed by atoms with Crippen molar-refractivity contribution < 1.29 is 19.1 Å². The predicted molar refractivity (Wildman–Crippen MR) is 99.9 cm³/mol. The van der Waals surface area contributed by atoms with Gasteiger partial charge in [0, 0.05) is 10.0 Å². The molecule has 0 fully saturated rings. The number of carbonyl (C=O) groups excluding carboxylic acids is 2. The quantitative estimate of drug-likeness (QED) is 0.786. The molecule has 0 unspecified atom stereocenters. The fourth-order valence-electron chi connectivity index (χ4n) is 2.67. The fraction of sp³-hybridized carbons (Fsp3) is 0.211. The molecule has 8 heteroatoms. The summed E-state index contributed by atoms with van der Waals surface area (Å²) in [4.78, 5) is 24.3. The number of nitrogens with zero attached hydrogens (tertiary/aromatic N) is 1. The average Bonchev–Trinajstić information content (AvgIpc) is 2.65. The summed E-state index contributed by atoms with van der Waals surface area (Å²) in [6.45, 7) is -0.308. The average molecular weight is 405 g/mol. The maximum Gasteiger partial charge on any atom is 0.313 e. The minimum Gasteiger partial charge on any atom is -0.492 e. The number of hydrogen-bond acceptors (Lipinski definition) is 5. The number of rotatable bonds is 4. The van der Waals surface area contributed by atoms with Crippen LogP contribution in [0.15, 0.2) is 36.4 Å². The zero-order valence-corrected chi connectivity index (χ0v) is 15.5. The topological polar surface area (TPSA) is 88.4 Å². The van der Waals surface area contributed by atoms with Gasteiger partial charge in [-0.2, -0.15) is 5.26 Å². The molecule has 0 spiro atoms. The molecule has 138 valence electrons. The van der Waals surface area contributed by atoms with Crippen LogP contribution in [-0.2, 0) is 20.7 Å². The van der Waals surface area contributed by atoms with Gasteiger partial charge in [0.05, 0.1) is 17.2 Å². The van der Waals surface area contributed by atoms with Crippen molar-refractivity contribution in [3.05, 3.63) is 57.6 Å². The van der Waals surface area contributed by atoms with Crippen molar-refractivity contribution in [3.8, 4) is 11.8 Å². The molecule has 0 aromatic heterocycles. The van der Waals surface area contributed by atoms with Crippen molar-refractivity contribution in [1.29, 1.82) is 5.26 Å². The van der Waals surface area contributed by atoms with Crippen molar-refractivity contribution in [3.63, 3.8) is 0 Å². The van der Waals surface area contributed by atoms with E-state index in [1.807, 2.05) is 6.07 Å². The van der Waals surface area contributed by atoms with Crippen LogP contribution in [0.3, 0.4) is 0 Å². The molecule has 6 nitrogen and oxygen atoms in total. The molecular formula is C19H14Cl2N2O4. The highest BCUT2D eigenvalue weighted by Gasteiger charge is 2.28. The first-order chi connectivity index (χ1) is 13.0. The molecule has 1 aliphatic rings. The van der Waals surface area contributed by atoms with E-state index in [1.165, 1.54) is 12.1 Å². The van der Waals surface area contributed by atoms with Crippen molar-refractivity contribution in [2.24, 2.45) is 5.92 Å². The van der Waals surface area contributed by atoms with E-state index in [-0.39, 0.29) is 17.9 Å². The van der Waals surface area contributed by atoms with E-state index in [4.69, 9.17) is 37.9 Å². The second-order valence-corrected chi connectivity index (χ2v) is 6.79. The number of nitriles is 1. The van der Waals surface area contributed by atoms with Crippen LogP contribution < -0.4 is 10.1 Å². The number of halogens is 2. The molecule has 0 saturated heterocycles. The maximum atomic E-state index is 12.2. The zero-order chi connectivity index (χ0) is 19.4. The van der Waals surface area contributed by atoms with Crippen LogP contribution in [0.2, 0.25) is 10.0 Å². The Bertz CT molecular complexity index is 940. The largest absolute Gasteiger partial charge is 0.492 e. The Kier molecular flexibility index (Phi) is 5.84. The van der Waals surface area contributed by atoms with Crippen LogP contribution in [0.1, 0.15) is 11.1 Å². The number of ether oxygens (including phenoxy) is 2. The first kappa shape index (κ1) is 19.0. The smallest absolute Gasteiger partial charge is 0.313 e. The van der Waals surface area contributed by atoms with Gasteiger partial charge in [-0.25, -0.2) is 0 Å². The van der Waals surface area contributed by atoms with Crippen LogP contribution in [-0.4, -0.2) is 25.1 Å². The van der Waals surface area contributed by atoms with Gasteiger partial charge in [-0.05, 0) is 48.4 Å². The van der Waals surface area contributed by atoms with Gasteiger partial charge in [0.1, 0.15) is 18.4 Å². The molecule has 27 heavy (non-hydrogen) atoms. The molecule has 1 aliphatic heterocycles. The van der Waals surface area contributed by atoms with Gasteiger partial charge < -0.3 is 14.8 Å². The molecule has 1 atom stereocenters. The second-order valence-electron chi connectivity index (χ2n) is 5.92. The van der Waals surface area contributed by atoms with E-state index in [1.54, 1.807) is 24.3 Å². The zero-order valence-electron chi connectivity index (χ0n) is 14.0. The molecule has 2 aromatic carbocycles. The van der Waals surface area contributed by atoms with Crippen LogP contribution >= 0.6 is 23.2 Å². The van der Waals surface area contributed by atoms with E-state index in [9.17, 15) is 9.59 Å². The third-order valence-corrected chi connectivity index (χ3v) is 4.45. The Labute approximate surface area is 165 Å². The van der Waals surface area contributed by atoms with E-state index >= 15 is 0 Å². The molecule has 2 aromatic rings. The van der Waals surface area contributed by atoms with Crippen LogP contribution in [0, 0.1) is 17.2 Å². The van der Waals surface area contributed by atoms with Gasteiger partial charge in [-0.3, -0.25) is 9.59 Å². The number of benzene rings is 2. The number of amides is 1. The van der Waals surface area contributed by atoms with E-state index in [0.29, 0.717) is 22.2 Å². The van der Waals surface area contributed by atoms with Gasteiger partial charge >= 0.3 is 5.97 Å². The van der Waals surface area contributed by atoms with Crippen LogP contribution in [0.25, 0.3) is 0 Å². The summed E-state index contributed by atoms with van der Waals surface area (Å²) in [7, 11) is 0. The number of hydrogen-bond donors (Lipinski definition) is 1. The lowest BCUT2D eigenvalue weighted by Crippen LogP contribution is -2.32. The lowest BCUT2D eigenvalue weighted by Gasteiger charge is -2.24. The minimum atomic E-state index is -0.567. The molecule has 0 radical (unpaired) electrons. The Hall–Kier alpha value is -2.75. The van der Waals surface area contributed by atoms with Crippen molar-refractivity contribution in [1.82, 2.24) is 0 Å². The molecule has 3 rings (SSSR count). The summed E-state index contributed by atoms with van der Waals surface area (Å²) in [6.07, 6.45) is 0.420. The highest BCUT2D eigenvalue weighted by atomic mass is 35.5. The van der Waals surface area contributed by atoms with Crippen molar-refractivity contribution in [2.75, 3.05) is 18.5 Å². The van der Waals surface area contributed by atoms with Gasteiger partial charge in [0.15, 0.2) is 6.61 Å². The Morgan fingerprint density at radius 2 is 1.96 bits per heavy atom. The number of esters is 1. The summed E-state index contributed by atoms with van der Waals surface area (Å²) in [6, 6.07) is 11.7. The number of fused-ring (bicyclic) bond motifs is 1. The summed E-state index contributed by atoms with van der Waals surface area (Å²) >= 11 is 11.8. The van der Waals surface area contributed by atoms with E-state index in [2.05, 4.69) is 5.32 Å². The van der Waals surface area contributed by atoms with Crippen LogP contribution in [0.4, 0.5) is 5.69 Å². The summed E-state index contributed by atoms with van der Waals surface area (Å²) in [5.41, 5.74) is 1.33. The predicted octanol–water partition coefficient (Wildman–Crippen LogP) is 3.60. The van der Waals surface area contributed by atoms with Gasteiger partial charge in [0.2, 0.25) is 0 Å². The molecule has 1 N–H and O–H groups in total. The lowest BCUT2D eigenvalue weighted by atomic mass is 9.97. The maximum absolute atomic E-state index is 12.2. The minimum absolute atomic E-state index is 0.169. The Morgan fingerprint density at radius 1 is 1.22 bits per heavy atom. The SMILES string of the molecule is N#Cc1ccc(Cl)cc1NC(=O)COC(=O)[C@@H]1COc2ccc(Cl)cc2C1. The van der Waals surface area contributed by atoms with Crippen molar-refractivity contribution in [2.45, 2.75) is 6.42 Å². The molecule has 0 saturated carbocycles. The summed E-state index contributed by atoms with van der Waals surface area (Å²) in [5, 5.41) is 12.5. The number of anilines is 1. The second kappa shape index (κ2) is 8.30. The first-order valence-electron chi connectivity index (χ1n) is 8.03. The molecule has 1 heterocycles. The van der Waals surface area contributed by atoms with Gasteiger partial charge in [-0.15, -0.1) is 0 Å². The van der Waals surface area contributed by atoms with Gasteiger partial charge in [-0.1, -0.05) is 23.2 Å². The van der Waals surface area contributed by atoms with Crippen molar-refractivity contribution >= 4 is 40.8 Å². The first-order valence-corrected chi connectivity index (χ1v) is 8.79. The monoisotopic (exact) mass is 404 g/mol.